The lowest BCUT2D eigenvalue weighted by molar-refractivity contribution is 0.495. The van der Waals surface area contributed by atoms with Gasteiger partial charge in [0.05, 0.1) is 4.90 Å². The summed E-state index contributed by atoms with van der Waals surface area (Å²) in [5, 5.41) is 0. The van der Waals surface area contributed by atoms with Crippen LogP contribution in [0.1, 0.15) is 25.0 Å². The van der Waals surface area contributed by atoms with E-state index >= 15 is 0 Å². The van der Waals surface area contributed by atoms with Gasteiger partial charge in [-0.05, 0) is 44.9 Å². The molecular weight excluding hydrogens is 258 g/mol. The molecule has 3 nitrogen and oxygen atoms in total. The van der Waals surface area contributed by atoms with Gasteiger partial charge in [-0.15, -0.1) is 11.6 Å². The number of rotatable bonds is 4. The Morgan fingerprint density at radius 1 is 1.29 bits per heavy atom. The quantitative estimate of drug-likeness (QED) is 0.859. The average Bonchev–Trinajstić information content (AvgIpc) is 2.20. The van der Waals surface area contributed by atoms with Gasteiger partial charge in [0.1, 0.15) is 0 Å². The summed E-state index contributed by atoms with van der Waals surface area (Å²) in [5.74, 6) is 0.219. The highest BCUT2D eigenvalue weighted by molar-refractivity contribution is 7.89. The summed E-state index contributed by atoms with van der Waals surface area (Å²) >= 11 is 5.73. The second-order valence-electron chi connectivity index (χ2n) is 4.89. The maximum atomic E-state index is 12.2. The number of alkyl halides is 1. The predicted molar refractivity (Wildman–Crippen MR) is 71.0 cm³/mol. The summed E-state index contributed by atoms with van der Waals surface area (Å²) in [6, 6.07) is 5.36. The van der Waals surface area contributed by atoms with Crippen molar-refractivity contribution >= 4 is 21.6 Å². The number of halogens is 1. The number of hydrogen-bond donors (Lipinski definition) is 1. The van der Waals surface area contributed by atoms with Crippen molar-refractivity contribution in [2.75, 3.05) is 5.88 Å². The van der Waals surface area contributed by atoms with Crippen LogP contribution in [0.2, 0.25) is 0 Å². The second kappa shape index (κ2) is 4.96. The van der Waals surface area contributed by atoms with Crippen LogP contribution in [0.15, 0.2) is 23.1 Å². The Balaban J connectivity index is 3.18. The molecule has 0 unspecified atom stereocenters. The highest BCUT2D eigenvalue weighted by atomic mass is 35.5. The minimum atomic E-state index is -3.52. The number of benzene rings is 1. The summed E-state index contributed by atoms with van der Waals surface area (Å²) in [4.78, 5) is 0.315. The van der Waals surface area contributed by atoms with Gasteiger partial charge in [-0.3, -0.25) is 0 Å². The first-order chi connectivity index (χ1) is 7.68. The van der Waals surface area contributed by atoms with Crippen molar-refractivity contribution in [3.63, 3.8) is 0 Å². The third-order valence-electron chi connectivity index (χ3n) is 2.38. The Bertz CT molecular complexity index is 509. The SMILES string of the molecule is Cc1ccc(C)c(S(=O)(=O)NC(C)(C)CCl)c1. The van der Waals surface area contributed by atoms with E-state index in [1.807, 2.05) is 13.0 Å². The zero-order valence-corrected chi connectivity index (χ0v) is 12.1. The lowest BCUT2D eigenvalue weighted by Gasteiger charge is -2.23. The van der Waals surface area contributed by atoms with Gasteiger partial charge in [0.15, 0.2) is 0 Å². The van der Waals surface area contributed by atoms with Crippen LogP contribution in [0.5, 0.6) is 0 Å². The van der Waals surface area contributed by atoms with Crippen LogP contribution in [0.3, 0.4) is 0 Å². The minimum absolute atomic E-state index is 0.219. The molecule has 0 aliphatic carbocycles. The van der Waals surface area contributed by atoms with Crippen molar-refractivity contribution in [3.05, 3.63) is 29.3 Å². The Hall–Kier alpha value is -0.580. The summed E-state index contributed by atoms with van der Waals surface area (Å²) < 4.78 is 27.0. The van der Waals surface area contributed by atoms with E-state index < -0.39 is 15.6 Å². The first-order valence-corrected chi connectivity index (χ1v) is 7.37. The van der Waals surface area contributed by atoms with E-state index in [-0.39, 0.29) is 5.88 Å². The molecule has 0 amide bonds. The van der Waals surface area contributed by atoms with Gasteiger partial charge in [-0.2, -0.15) is 0 Å². The van der Waals surface area contributed by atoms with Crippen molar-refractivity contribution < 1.29 is 8.42 Å². The molecule has 0 heterocycles. The molecule has 17 heavy (non-hydrogen) atoms. The molecule has 96 valence electrons. The summed E-state index contributed by atoms with van der Waals surface area (Å²) in [6.45, 7) is 7.15. The van der Waals surface area contributed by atoms with E-state index in [9.17, 15) is 8.42 Å². The second-order valence-corrected chi connectivity index (χ2v) is 6.81. The Labute approximate surface area is 108 Å². The van der Waals surface area contributed by atoms with E-state index in [0.29, 0.717) is 4.90 Å². The molecule has 0 aliphatic heterocycles. The van der Waals surface area contributed by atoms with Crippen LogP contribution in [-0.4, -0.2) is 19.8 Å². The number of sulfonamides is 1. The van der Waals surface area contributed by atoms with E-state index in [1.165, 1.54) is 0 Å². The third kappa shape index (κ3) is 3.69. The third-order valence-corrected chi connectivity index (χ3v) is 4.89. The Morgan fingerprint density at radius 2 is 1.88 bits per heavy atom. The van der Waals surface area contributed by atoms with Crippen LogP contribution in [0.4, 0.5) is 0 Å². The maximum Gasteiger partial charge on any atom is 0.241 e. The number of aryl methyl sites for hydroxylation is 2. The van der Waals surface area contributed by atoms with Gasteiger partial charge in [-0.25, -0.2) is 13.1 Å². The van der Waals surface area contributed by atoms with Crippen molar-refractivity contribution in [1.82, 2.24) is 4.72 Å². The summed E-state index contributed by atoms with van der Waals surface area (Å²) in [6.07, 6.45) is 0. The molecule has 0 fully saturated rings. The molecule has 5 heteroatoms. The van der Waals surface area contributed by atoms with E-state index in [2.05, 4.69) is 4.72 Å². The molecule has 0 spiro atoms. The molecule has 1 rings (SSSR count). The van der Waals surface area contributed by atoms with Crippen molar-refractivity contribution in [2.45, 2.75) is 38.1 Å². The summed E-state index contributed by atoms with van der Waals surface area (Å²) in [5.41, 5.74) is 0.990. The van der Waals surface area contributed by atoms with Gasteiger partial charge in [-0.1, -0.05) is 12.1 Å². The molecule has 0 bridgehead atoms. The fourth-order valence-electron chi connectivity index (χ4n) is 1.44. The van der Waals surface area contributed by atoms with Crippen molar-refractivity contribution in [1.29, 1.82) is 0 Å². The largest absolute Gasteiger partial charge is 0.241 e. The van der Waals surface area contributed by atoms with Crippen LogP contribution >= 0.6 is 11.6 Å². The van der Waals surface area contributed by atoms with Crippen LogP contribution in [0.25, 0.3) is 0 Å². The minimum Gasteiger partial charge on any atom is -0.207 e. The topological polar surface area (TPSA) is 46.2 Å². The lowest BCUT2D eigenvalue weighted by Crippen LogP contribution is -2.44. The number of hydrogen-bond acceptors (Lipinski definition) is 2. The average molecular weight is 276 g/mol. The van der Waals surface area contributed by atoms with E-state index in [0.717, 1.165) is 11.1 Å². The smallest absolute Gasteiger partial charge is 0.207 e. The molecule has 1 N–H and O–H groups in total. The van der Waals surface area contributed by atoms with Gasteiger partial charge in [0.25, 0.3) is 0 Å². The van der Waals surface area contributed by atoms with E-state index in [1.54, 1.807) is 32.9 Å². The van der Waals surface area contributed by atoms with Crippen molar-refractivity contribution in [2.24, 2.45) is 0 Å². The molecule has 0 saturated heterocycles. The van der Waals surface area contributed by atoms with Gasteiger partial charge < -0.3 is 0 Å². The van der Waals surface area contributed by atoms with Gasteiger partial charge >= 0.3 is 0 Å². The van der Waals surface area contributed by atoms with Crippen LogP contribution in [-0.2, 0) is 10.0 Å². The molecular formula is C12H18ClNO2S. The zero-order chi connectivity index (χ0) is 13.3. The number of nitrogens with one attached hydrogen (secondary N) is 1. The van der Waals surface area contributed by atoms with Crippen molar-refractivity contribution in [3.8, 4) is 0 Å². The summed E-state index contributed by atoms with van der Waals surface area (Å²) in [7, 11) is -3.52. The maximum absolute atomic E-state index is 12.2. The normalized spacial score (nSPS) is 12.8. The highest BCUT2D eigenvalue weighted by Gasteiger charge is 2.26. The first-order valence-electron chi connectivity index (χ1n) is 5.35. The van der Waals surface area contributed by atoms with Crippen LogP contribution in [0, 0.1) is 13.8 Å². The fraction of sp³-hybridized carbons (Fsp3) is 0.500. The Kier molecular flexibility index (Phi) is 4.23. The predicted octanol–water partition coefficient (Wildman–Crippen LogP) is 2.60. The lowest BCUT2D eigenvalue weighted by atomic mass is 10.1. The monoisotopic (exact) mass is 275 g/mol. The van der Waals surface area contributed by atoms with Gasteiger partial charge in [0.2, 0.25) is 10.0 Å². The van der Waals surface area contributed by atoms with E-state index in [4.69, 9.17) is 11.6 Å². The first kappa shape index (κ1) is 14.5. The molecule has 0 aromatic heterocycles. The Morgan fingerprint density at radius 3 is 2.41 bits per heavy atom. The van der Waals surface area contributed by atoms with Crippen LogP contribution < -0.4 is 4.72 Å². The molecule has 1 aromatic carbocycles. The molecule has 1 aromatic rings. The molecule has 0 aliphatic rings. The fourth-order valence-corrected chi connectivity index (χ4v) is 3.33. The molecule has 0 radical (unpaired) electrons. The molecule has 0 saturated carbocycles. The molecule has 0 atom stereocenters. The standard InChI is InChI=1S/C12H18ClNO2S/c1-9-5-6-10(2)11(7-9)17(15,16)14-12(3,4)8-13/h5-7,14H,8H2,1-4H3. The zero-order valence-electron chi connectivity index (χ0n) is 10.5. The van der Waals surface area contributed by atoms with Gasteiger partial charge in [0, 0.05) is 11.4 Å². The highest BCUT2D eigenvalue weighted by Crippen LogP contribution is 2.19.